The molecule has 0 aliphatic rings. The second-order valence-electron chi connectivity index (χ2n) is 4.85. The predicted molar refractivity (Wildman–Crippen MR) is 81.7 cm³/mol. The van der Waals surface area contributed by atoms with E-state index in [0.717, 1.165) is 38.5 Å². The molecular weight excluding hydrogens is 236 g/mol. The van der Waals surface area contributed by atoms with Crippen LogP contribution in [0, 0.1) is 0 Å². The highest BCUT2D eigenvalue weighted by Gasteiger charge is 2.06. The second kappa shape index (κ2) is 8.94. The summed E-state index contributed by atoms with van der Waals surface area (Å²) in [5.41, 5.74) is 1.28. The van der Waals surface area contributed by atoms with E-state index in [2.05, 4.69) is 49.2 Å². The first-order valence-electron chi connectivity index (χ1n) is 7.37. The predicted octanol–water partition coefficient (Wildman–Crippen LogP) is 2.91. The lowest BCUT2D eigenvalue weighted by molar-refractivity contribution is 0.270. The van der Waals surface area contributed by atoms with Gasteiger partial charge in [-0.25, -0.2) is 0 Å². The summed E-state index contributed by atoms with van der Waals surface area (Å²) in [5.74, 6) is 0.957. The van der Waals surface area contributed by atoms with Crippen molar-refractivity contribution in [1.29, 1.82) is 0 Å². The van der Waals surface area contributed by atoms with E-state index < -0.39 is 0 Å². The molecule has 3 nitrogen and oxygen atoms in total. The standard InChI is InChI=1S/C16H28N2O/c1-5-18(6-2)13-14(4)17-12-15-9-8-10-16(11-15)19-7-3/h8-11,14,17H,5-7,12-13H2,1-4H3. The third-order valence-electron chi connectivity index (χ3n) is 3.29. The smallest absolute Gasteiger partial charge is 0.119 e. The van der Waals surface area contributed by atoms with Gasteiger partial charge in [-0.3, -0.25) is 0 Å². The highest BCUT2D eigenvalue weighted by atomic mass is 16.5. The summed E-state index contributed by atoms with van der Waals surface area (Å²) in [4.78, 5) is 2.44. The fraction of sp³-hybridized carbons (Fsp3) is 0.625. The van der Waals surface area contributed by atoms with Crippen molar-refractivity contribution in [1.82, 2.24) is 10.2 Å². The molecule has 0 aliphatic carbocycles. The normalized spacial score (nSPS) is 12.7. The lowest BCUT2D eigenvalue weighted by Gasteiger charge is -2.23. The molecule has 0 aromatic heterocycles. The molecule has 1 unspecified atom stereocenters. The van der Waals surface area contributed by atoms with Crippen molar-refractivity contribution in [3.63, 3.8) is 0 Å². The van der Waals surface area contributed by atoms with Crippen LogP contribution < -0.4 is 10.1 Å². The van der Waals surface area contributed by atoms with E-state index >= 15 is 0 Å². The molecule has 0 aliphatic heterocycles. The highest BCUT2D eigenvalue weighted by molar-refractivity contribution is 5.28. The number of benzene rings is 1. The first-order chi connectivity index (χ1) is 9.19. The molecule has 1 aromatic carbocycles. The number of rotatable bonds is 9. The fourth-order valence-corrected chi connectivity index (χ4v) is 2.14. The quantitative estimate of drug-likeness (QED) is 0.742. The van der Waals surface area contributed by atoms with Gasteiger partial charge < -0.3 is 15.0 Å². The average molecular weight is 264 g/mol. The van der Waals surface area contributed by atoms with Gasteiger partial charge in [0.2, 0.25) is 0 Å². The molecule has 1 rings (SSSR count). The largest absolute Gasteiger partial charge is 0.494 e. The Morgan fingerprint density at radius 2 is 1.95 bits per heavy atom. The molecular formula is C16H28N2O. The number of nitrogens with one attached hydrogen (secondary N) is 1. The average Bonchev–Trinajstić information content (AvgIpc) is 2.43. The van der Waals surface area contributed by atoms with E-state index in [-0.39, 0.29) is 0 Å². The van der Waals surface area contributed by atoms with Crippen molar-refractivity contribution in [3.8, 4) is 5.75 Å². The minimum atomic E-state index is 0.496. The molecule has 1 N–H and O–H groups in total. The summed E-state index contributed by atoms with van der Waals surface area (Å²) in [5, 5.41) is 3.57. The van der Waals surface area contributed by atoms with Crippen molar-refractivity contribution in [2.45, 2.75) is 40.3 Å². The molecule has 1 aromatic rings. The van der Waals surface area contributed by atoms with E-state index in [1.807, 2.05) is 13.0 Å². The van der Waals surface area contributed by atoms with Crippen molar-refractivity contribution in [3.05, 3.63) is 29.8 Å². The maximum atomic E-state index is 5.52. The molecule has 1 atom stereocenters. The Morgan fingerprint density at radius 1 is 1.21 bits per heavy atom. The first-order valence-corrected chi connectivity index (χ1v) is 7.37. The zero-order chi connectivity index (χ0) is 14.1. The SMILES string of the molecule is CCOc1cccc(CNC(C)CN(CC)CC)c1. The van der Waals surface area contributed by atoms with Crippen LogP contribution in [0.5, 0.6) is 5.75 Å². The summed E-state index contributed by atoms with van der Waals surface area (Å²) >= 11 is 0. The fourth-order valence-electron chi connectivity index (χ4n) is 2.14. The molecule has 0 spiro atoms. The van der Waals surface area contributed by atoms with Gasteiger partial charge in [0.25, 0.3) is 0 Å². The molecule has 0 bridgehead atoms. The molecule has 108 valence electrons. The van der Waals surface area contributed by atoms with Crippen LogP contribution in [-0.2, 0) is 6.54 Å². The summed E-state index contributed by atoms with van der Waals surface area (Å²) in [6.45, 7) is 13.6. The van der Waals surface area contributed by atoms with Gasteiger partial charge in [-0.1, -0.05) is 26.0 Å². The molecule has 3 heteroatoms. The van der Waals surface area contributed by atoms with E-state index in [9.17, 15) is 0 Å². The first kappa shape index (κ1) is 16.0. The van der Waals surface area contributed by atoms with Crippen LogP contribution in [-0.4, -0.2) is 37.2 Å². The third kappa shape index (κ3) is 6.08. The molecule has 0 amide bonds. The summed E-state index contributed by atoms with van der Waals surface area (Å²) in [6.07, 6.45) is 0. The number of nitrogens with zero attached hydrogens (tertiary/aromatic N) is 1. The Kier molecular flexibility index (Phi) is 7.53. The maximum absolute atomic E-state index is 5.52. The molecule has 0 heterocycles. The zero-order valence-electron chi connectivity index (χ0n) is 12.8. The van der Waals surface area contributed by atoms with Crippen LogP contribution in [0.2, 0.25) is 0 Å². The van der Waals surface area contributed by atoms with Gasteiger partial charge in [-0.05, 0) is 44.6 Å². The lowest BCUT2D eigenvalue weighted by Crippen LogP contribution is -2.38. The Labute approximate surface area is 118 Å². The molecule has 0 saturated carbocycles. The van der Waals surface area contributed by atoms with Gasteiger partial charge in [-0.15, -0.1) is 0 Å². The van der Waals surface area contributed by atoms with E-state index in [1.165, 1.54) is 5.56 Å². The van der Waals surface area contributed by atoms with Gasteiger partial charge >= 0.3 is 0 Å². The topological polar surface area (TPSA) is 24.5 Å². The number of likely N-dealkylation sites (N-methyl/N-ethyl adjacent to an activating group) is 1. The zero-order valence-corrected chi connectivity index (χ0v) is 12.8. The van der Waals surface area contributed by atoms with Gasteiger partial charge in [0.1, 0.15) is 5.75 Å². The van der Waals surface area contributed by atoms with Crippen LogP contribution in [0.3, 0.4) is 0 Å². The van der Waals surface area contributed by atoms with Crippen LogP contribution in [0.25, 0.3) is 0 Å². The Morgan fingerprint density at radius 3 is 2.58 bits per heavy atom. The lowest BCUT2D eigenvalue weighted by atomic mass is 10.2. The van der Waals surface area contributed by atoms with Gasteiger partial charge in [0, 0.05) is 19.1 Å². The van der Waals surface area contributed by atoms with Gasteiger partial charge in [-0.2, -0.15) is 0 Å². The summed E-state index contributed by atoms with van der Waals surface area (Å²) in [6, 6.07) is 8.81. The monoisotopic (exact) mass is 264 g/mol. The minimum Gasteiger partial charge on any atom is -0.494 e. The van der Waals surface area contributed by atoms with Crippen LogP contribution >= 0.6 is 0 Å². The minimum absolute atomic E-state index is 0.496. The highest BCUT2D eigenvalue weighted by Crippen LogP contribution is 2.13. The maximum Gasteiger partial charge on any atom is 0.119 e. The third-order valence-corrected chi connectivity index (χ3v) is 3.29. The number of ether oxygens (including phenoxy) is 1. The summed E-state index contributed by atoms with van der Waals surface area (Å²) < 4.78 is 5.52. The van der Waals surface area contributed by atoms with Crippen LogP contribution in [0.1, 0.15) is 33.3 Å². The Hall–Kier alpha value is -1.06. The van der Waals surface area contributed by atoms with E-state index in [1.54, 1.807) is 0 Å². The van der Waals surface area contributed by atoms with Crippen molar-refractivity contribution < 1.29 is 4.74 Å². The molecule has 19 heavy (non-hydrogen) atoms. The van der Waals surface area contributed by atoms with E-state index in [0.29, 0.717) is 6.04 Å². The van der Waals surface area contributed by atoms with Crippen molar-refractivity contribution in [2.24, 2.45) is 0 Å². The van der Waals surface area contributed by atoms with Crippen molar-refractivity contribution in [2.75, 3.05) is 26.2 Å². The van der Waals surface area contributed by atoms with Gasteiger partial charge in [0.05, 0.1) is 6.61 Å². The van der Waals surface area contributed by atoms with Gasteiger partial charge in [0.15, 0.2) is 0 Å². The number of hydrogen-bond donors (Lipinski definition) is 1. The molecule has 0 saturated heterocycles. The Balaban J connectivity index is 2.40. The summed E-state index contributed by atoms with van der Waals surface area (Å²) in [7, 11) is 0. The Bertz CT molecular complexity index is 350. The van der Waals surface area contributed by atoms with E-state index in [4.69, 9.17) is 4.74 Å². The van der Waals surface area contributed by atoms with Crippen LogP contribution in [0.4, 0.5) is 0 Å². The number of hydrogen-bond acceptors (Lipinski definition) is 3. The second-order valence-corrected chi connectivity index (χ2v) is 4.85. The van der Waals surface area contributed by atoms with Crippen LogP contribution in [0.15, 0.2) is 24.3 Å². The van der Waals surface area contributed by atoms with Crippen molar-refractivity contribution >= 4 is 0 Å². The molecule has 0 fully saturated rings. The molecule has 0 radical (unpaired) electrons.